The Labute approximate surface area is 129 Å². The molecule has 0 aliphatic carbocycles. The monoisotopic (exact) mass is 352 g/mol. The molecule has 0 spiro atoms. The van der Waals surface area contributed by atoms with E-state index in [1.807, 2.05) is 29.7 Å². The minimum Gasteiger partial charge on any atom is -0.295 e. The van der Waals surface area contributed by atoms with Crippen molar-refractivity contribution in [3.8, 4) is 5.69 Å². The number of alkyl halides is 1. The van der Waals surface area contributed by atoms with Gasteiger partial charge >= 0.3 is 0 Å². The van der Waals surface area contributed by atoms with Gasteiger partial charge in [-0.2, -0.15) is 0 Å². The largest absolute Gasteiger partial charge is 0.295 e. The summed E-state index contributed by atoms with van der Waals surface area (Å²) in [5, 5.41) is 0. The summed E-state index contributed by atoms with van der Waals surface area (Å²) >= 11 is 9.22. The highest BCUT2D eigenvalue weighted by atomic mass is 79.9. The van der Waals surface area contributed by atoms with Gasteiger partial charge in [0.05, 0.1) is 21.4 Å². The van der Waals surface area contributed by atoms with Gasteiger partial charge in [0.25, 0.3) is 0 Å². The summed E-state index contributed by atoms with van der Waals surface area (Å²) in [5.41, 5.74) is 3.82. The first-order chi connectivity index (χ1) is 9.61. The van der Waals surface area contributed by atoms with Crippen LogP contribution < -0.4 is 0 Å². The van der Waals surface area contributed by atoms with Crippen molar-refractivity contribution < 1.29 is 4.39 Å². The highest BCUT2D eigenvalue weighted by Gasteiger charge is 2.13. The number of fused-ring (bicyclic) bond motifs is 1. The second-order valence-electron chi connectivity index (χ2n) is 4.54. The zero-order chi connectivity index (χ0) is 14.3. The Morgan fingerprint density at radius 1 is 1.30 bits per heavy atom. The average molecular weight is 354 g/mol. The van der Waals surface area contributed by atoms with Crippen LogP contribution in [0.2, 0.25) is 0 Å². The molecule has 0 radical (unpaired) electrons. The number of rotatable bonds is 2. The molecule has 1 aromatic heterocycles. The van der Waals surface area contributed by atoms with Gasteiger partial charge < -0.3 is 0 Å². The lowest BCUT2D eigenvalue weighted by molar-refractivity contribution is 0.620. The summed E-state index contributed by atoms with van der Waals surface area (Å²) in [6, 6.07) is 10.9. The van der Waals surface area contributed by atoms with Crippen LogP contribution >= 0.6 is 27.5 Å². The van der Waals surface area contributed by atoms with Crippen molar-refractivity contribution >= 4 is 38.6 Å². The van der Waals surface area contributed by atoms with E-state index in [2.05, 4.69) is 20.9 Å². The zero-order valence-corrected chi connectivity index (χ0v) is 13.0. The molecule has 0 unspecified atom stereocenters. The molecule has 0 N–H and O–H groups in total. The predicted molar refractivity (Wildman–Crippen MR) is 83.0 cm³/mol. The van der Waals surface area contributed by atoms with Crippen LogP contribution in [0.3, 0.4) is 0 Å². The van der Waals surface area contributed by atoms with Crippen LogP contribution in [0.4, 0.5) is 4.39 Å². The number of aryl methyl sites for hydroxylation is 1. The maximum atomic E-state index is 13.4. The molecule has 2 aromatic carbocycles. The van der Waals surface area contributed by atoms with E-state index < -0.39 is 0 Å². The lowest BCUT2D eigenvalue weighted by Gasteiger charge is -2.08. The van der Waals surface area contributed by atoms with Crippen LogP contribution in [0.5, 0.6) is 0 Å². The van der Waals surface area contributed by atoms with Crippen LogP contribution in [0.25, 0.3) is 16.7 Å². The molecule has 2 nitrogen and oxygen atoms in total. The third kappa shape index (κ3) is 2.13. The molecule has 0 aliphatic heterocycles. The molecular formula is C15H11BrClFN2. The van der Waals surface area contributed by atoms with Crippen LogP contribution in [0, 0.1) is 12.7 Å². The minimum absolute atomic E-state index is 0.290. The Morgan fingerprint density at radius 3 is 2.80 bits per heavy atom. The predicted octanol–water partition coefficient (Wildman–Crippen LogP) is 4.97. The van der Waals surface area contributed by atoms with Crippen molar-refractivity contribution in [2.75, 3.05) is 0 Å². The van der Waals surface area contributed by atoms with Gasteiger partial charge in [-0.15, -0.1) is 11.6 Å². The second-order valence-corrected chi connectivity index (χ2v) is 5.66. The van der Waals surface area contributed by atoms with Crippen molar-refractivity contribution in [2.24, 2.45) is 0 Å². The summed E-state index contributed by atoms with van der Waals surface area (Å²) in [6.07, 6.45) is 0. The fourth-order valence-corrected chi connectivity index (χ4v) is 2.84. The number of nitrogens with zero attached hydrogens (tertiary/aromatic N) is 2. The molecule has 0 saturated carbocycles. The molecule has 0 atom stereocenters. The van der Waals surface area contributed by atoms with Crippen LogP contribution in [-0.4, -0.2) is 9.55 Å². The maximum absolute atomic E-state index is 13.4. The summed E-state index contributed by atoms with van der Waals surface area (Å²) in [6.45, 7) is 2.01. The van der Waals surface area contributed by atoms with Gasteiger partial charge in [-0.05, 0) is 52.7 Å². The summed E-state index contributed by atoms with van der Waals surface area (Å²) < 4.78 is 15.8. The van der Waals surface area contributed by atoms with Gasteiger partial charge in [0.15, 0.2) is 0 Å². The summed E-state index contributed by atoms with van der Waals surface area (Å²) in [5.74, 6) is 0.750. The molecule has 20 heavy (non-hydrogen) atoms. The number of benzene rings is 2. The number of halogens is 3. The fraction of sp³-hybridized carbons (Fsp3) is 0.133. The Balaban J connectivity index is 2.34. The molecule has 5 heteroatoms. The van der Waals surface area contributed by atoms with Crippen molar-refractivity contribution in [1.29, 1.82) is 0 Å². The zero-order valence-electron chi connectivity index (χ0n) is 10.7. The van der Waals surface area contributed by atoms with Gasteiger partial charge in [0.1, 0.15) is 11.6 Å². The fourth-order valence-electron chi connectivity index (χ4n) is 2.29. The molecule has 0 bridgehead atoms. The van der Waals surface area contributed by atoms with Gasteiger partial charge in [-0.3, -0.25) is 4.57 Å². The van der Waals surface area contributed by atoms with Crippen molar-refractivity contribution in [2.45, 2.75) is 12.8 Å². The molecule has 3 aromatic rings. The Morgan fingerprint density at radius 2 is 2.10 bits per heavy atom. The first kappa shape index (κ1) is 13.6. The first-order valence-corrected chi connectivity index (χ1v) is 7.43. The molecule has 0 fully saturated rings. The van der Waals surface area contributed by atoms with E-state index in [1.165, 1.54) is 6.07 Å². The highest BCUT2D eigenvalue weighted by molar-refractivity contribution is 9.10. The van der Waals surface area contributed by atoms with Crippen molar-refractivity contribution in [3.63, 3.8) is 0 Å². The van der Waals surface area contributed by atoms with Gasteiger partial charge in [0.2, 0.25) is 0 Å². The molecule has 1 heterocycles. The lowest BCUT2D eigenvalue weighted by atomic mass is 10.2. The van der Waals surface area contributed by atoms with Gasteiger partial charge in [-0.25, -0.2) is 9.37 Å². The minimum atomic E-state index is -0.290. The number of imidazole rings is 1. The number of hydrogen-bond donors (Lipinski definition) is 0. The van der Waals surface area contributed by atoms with E-state index in [0.717, 1.165) is 28.1 Å². The van der Waals surface area contributed by atoms with E-state index in [0.29, 0.717) is 10.4 Å². The van der Waals surface area contributed by atoms with E-state index >= 15 is 0 Å². The molecule has 3 rings (SSSR count). The second kappa shape index (κ2) is 5.19. The lowest BCUT2D eigenvalue weighted by Crippen LogP contribution is -1.99. The summed E-state index contributed by atoms with van der Waals surface area (Å²) in [7, 11) is 0. The van der Waals surface area contributed by atoms with E-state index in [1.54, 1.807) is 12.1 Å². The van der Waals surface area contributed by atoms with E-state index in [-0.39, 0.29) is 5.82 Å². The highest BCUT2D eigenvalue weighted by Crippen LogP contribution is 2.27. The third-order valence-electron chi connectivity index (χ3n) is 3.24. The Kier molecular flexibility index (Phi) is 3.52. The van der Waals surface area contributed by atoms with Crippen molar-refractivity contribution in [1.82, 2.24) is 9.55 Å². The van der Waals surface area contributed by atoms with E-state index in [4.69, 9.17) is 11.6 Å². The Hall–Kier alpha value is -1.39. The topological polar surface area (TPSA) is 17.8 Å². The molecule has 0 amide bonds. The number of hydrogen-bond acceptors (Lipinski definition) is 1. The number of para-hydroxylation sites is 1. The van der Waals surface area contributed by atoms with Gasteiger partial charge in [0, 0.05) is 5.69 Å². The average Bonchev–Trinajstić information content (AvgIpc) is 2.82. The maximum Gasteiger partial charge on any atom is 0.137 e. The molecule has 102 valence electrons. The standard InChI is InChI=1S/C15H11BrClFN2/c1-9-3-2-4-13-15(9)19-14(8-17)20(13)10-5-6-12(18)11(16)7-10/h2-7H,8H2,1H3. The van der Waals surface area contributed by atoms with Crippen LogP contribution in [-0.2, 0) is 5.88 Å². The molecular weight excluding hydrogens is 343 g/mol. The van der Waals surface area contributed by atoms with Crippen molar-refractivity contribution in [3.05, 3.63) is 58.1 Å². The number of aromatic nitrogens is 2. The third-order valence-corrected chi connectivity index (χ3v) is 4.08. The summed E-state index contributed by atoms with van der Waals surface area (Å²) in [4.78, 5) is 4.58. The quantitative estimate of drug-likeness (QED) is 0.594. The first-order valence-electron chi connectivity index (χ1n) is 6.10. The molecule has 0 aliphatic rings. The SMILES string of the molecule is Cc1cccc2c1nc(CCl)n2-c1ccc(F)c(Br)c1. The Bertz CT molecular complexity index is 798. The molecule has 0 saturated heterocycles. The van der Waals surface area contributed by atoms with E-state index in [9.17, 15) is 4.39 Å². The van der Waals surface area contributed by atoms with Gasteiger partial charge in [-0.1, -0.05) is 12.1 Å². The normalized spacial score (nSPS) is 11.2. The van der Waals surface area contributed by atoms with Crippen LogP contribution in [0.15, 0.2) is 40.9 Å². The van der Waals surface area contributed by atoms with Crippen LogP contribution in [0.1, 0.15) is 11.4 Å². The smallest absolute Gasteiger partial charge is 0.137 e.